The molecule has 0 bridgehead atoms. The summed E-state index contributed by atoms with van der Waals surface area (Å²) in [5, 5.41) is 11.9. The molecule has 0 aliphatic heterocycles. The van der Waals surface area contributed by atoms with Crippen molar-refractivity contribution in [1.82, 2.24) is 19.8 Å². The van der Waals surface area contributed by atoms with Crippen molar-refractivity contribution in [3.05, 3.63) is 69.6 Å². The van der Waals surface area contributed by atoms with Crippen LogP contribution in [0.4, 0.5) is 8.78 Å². The topological polar surface area (TPSA) is 83.5 Å². The van der Waals surface area contributed by atoms with E-state index < -0.39 is 6.61 Å². The molecule has 0 saturated heterocycles. The average Bonchev–Trinajstić information content (AvgIpc) is 3.54. The van der Waals surface area contributed by atoms with Gasteiger partial charge in [0.1, 0.15) is 12.4 Å². The molecule has 1 aliphatic carbocycles. The van der Waals surface area contributed by atoms with Gasteiger partial charge in [-0.25, -0.2) is 4.79 Å². The molecular weight excluding hydrogens is 408 g/mol. The Morgan fingerprint density at radius 1 is 1.23 bits per heavy atom. The Morgan fingerprint density at radius 3 is 2.68 bits per heavy atom. The number of aromatic nitrogens is 4. The van der Waals surface area contributed by atoms with Gasteiger partial charge in [0.25, 0.3) is 0 Å². The first kappa shape index (κ1) is 20.7. The zero-order valence-electron chi connectivity index (χ0n) is 17.0. The van der Waals surface area contributed by atoms with Crippen LogP contribution >= 0.6 is 0 Å². The third kappa shape index (κ3) is 4.62. The quantitative estimate of drug-likeness (QED) is 0.405. The predicted molar refractivity (Wildman–Crippen MR) is 109 cm³/mol. The van der Waals surface area contributed by atoms with Gasteiger partial charge in [0, 0.05) is 18.2 Å². The number of tetrazole rings is 1. The summed E-state index contributed by atoms with van der Waals surface area (Å²) in [6.45, 7) is -1.07. The summed E-state index contributed by atoms with van der Waals surface area (Å²) in [4.78, 5) is 18.0. The zero-order valence-corrected chi connectivity index (χ0v) is 17.0. The van der Waals surface area contributed by atoms with E-state index in [0.29, 0.717) is 22.9 Å². The van der Waals surface area contributed by atoms with E-state index >= 15 is 0 Å². The highest BCUT2D eigenvalue weighted by Gasteiger charge is 2.28. The van der Waals surface area contributed by atoms with Crippen molar-refractivity contribution in [2.75, 3.05) is 0 Å². The molecule has 1 aromatic heterocycles. The van der Waals surface area contributed by atoms with Gasteiger partial charge in [0.15, 0.2) is 0 Å². The molecule has 31 heavy (non-hydrogen) atoms. The van der Waals surface area contributed by atoms with Crippen molar-refractivity contribution in [3.8, 4) is 11.4 Å². The smallest absolute Gasteiger partial charge is 0.387 e. The van der Waals surface area contributed by atoms with E-state index in [1.165, 1.54) is 23.9 Å². The van der Waals surface area contributed by atoms with E-state index in [9.17, 15) is 13.6 Å². The summed E-state index contributed by atoms with van der Waals surface area (Å²) in [6, 6.07) is 11.9. The molecule has 162 valence electrons. The van der Waals surface area contributed by atoms with Gasteiger partial charge in [0.2, 0.25) is 0 Å². The number of aryl methyl sites for hydroxylation is 1. The number of halogens is 2. The minimum Gasteiger partial charge on any atom is -0.435 e. The Balaban J connectivity index is 1.58. The highest BCUT2D eigenvalue weighted by Crippen LogP contribution is 2.43. The third-order valence-electron chi connectivity index (χ3n) is 5.04. The first-order valence-electron chi connectivity index (χ1n) is 9.77. The first-order chi connectivity index (χ1) is 14.9. The number of ether oxygens (including phenoxy) is 1. The molecule has 1 aliphatic rings. The van der Waals surface area contributed by atoms with Crippen molar-refractivity contribution >= 4 is 5.71 Å². The van der Waals surface area contributed by atoms with Crippen LogP contribution in [-0.4, -0.2) is 32.1 Å². The van der Waals surface area contributed by atoms with Gasteiger partial charge in [-0.2, -0.15) is 18.1 Å². The summed E-state index contributed by atoms with van der Waals surface area (Å²) >= 11 is 0. The van der Waals surface area contributed by atoms with Crippen LogP contribution in [0, 0.1) is 0 Å². The number of benzene rings is 2. The molecule has 0 amide bonds. The highest BCUT2D eigenvalue weighted by molar-refractivity contribution is 5.98. The Morgan fingerprint density at radius 2 is 2.00 bits per heavy atom. The van der Waals surface area contributed by atoms with Crippen LogP contribution in [0.15, 0.2) is 52.4 Å². The lowest BCUT2D eigenvalue weighted by Gasteiger charge is -2.13. The number of hydrogen-bond acceptors (Lipinski definition) is 6. The lowest BCUT2D eigenvalue weighted by molar-refractivity contribution is -0.0498. The maximum Gasteiger partial charge on any atom is 0.387 e. The van der Waals surface area contributed by atoms with Crippen LogP contribution in [0.2, 0.25) is 0 Å². The second-order valence-corrected chi connectivity index (χ2v) is 7.27. The van der Waals surface area contributed by atoms with Crippen molar-refractivity contribution in [1.29, 1.82) is 0 Å². The highest BCUT2D eigenvalue weighted by atomic mass is 19.3. The largest absolute Gasteiger partial charge is 0.435 e. The maximum atomic E-state index is 12.4. The van der Waals surface area contributed by atoms with Gasteiger partial charge in [-0.3, -0.25) is 0 Å². The number of oxime groups is 1. The van der Waals surface area contributed by atoms with Crippen LogP contribution in [0.25, 0.3) is 5.69 Å². The fourth-order valence-electron chi connectivity index (χ4n) is 3.33. The standard InChI is InChI=1S/C21H21F2N5O3/c1-13(15-5-3-6-16(11-15)31-20(22)23)24-30-12-18-17(14-9-10-14)7-4-8-19(18)28-21(29)27(2)25-26-28/h3-8,11,14,20H,9-10,12H2,1-2H3. The van der Waals surface area contributed by atoms with E-state index in [4.69, 9.17) is 4.84 Å². The fraction of sp³-hybridized carbons (Fsp3) is 0.333. The second-order valence-electron chi connectivity index (χ2n) is 7.27. The van der Waals surface area contributed by atoms with E-state index in [0.717, 1.165) is 28.7 Å². The molecule has 0 spiro atoms. The van der Waals surface area contributed by atoms with E-state index in [1.54, 1.807) is 25.1 Å². The van der Waals surface area contributed by atoms with Gasteiger partial charge in [0.05, 0.1) is 11.4 Å². The number of hydrogen-bond donors (Lipinski definition) is 0. The number of rotatable bonds is 8. The molecule has 0 unspecified atom stereocenters. The van der Waals surface area contributed by atoms with Crippen molar-refractivity contribution in [2.45, 2.75) is 38.9 Å². The summed E-state index contributed by atoms with van der Waals surface area (Å²) in [5.41, 5.74) is 3.25. The first-order valence-corrected chi connectivity index (χ1v) is 9.77. The van der Waals surface area contributed by atoms with Gasteiger partial charge in [-0.15, -0.1) is 0 Å². The lowest BCUT2D eigenvalue weighted by atomic mass is 10.0. The van der Waals surface area contributed by atoms with Crippen molar-refractivity contribution in [3.63, 3.8) is 0 Å². The monoisotopic (exact) mass is 429 g/mol. The normalized spacial score (nSPS) is 14.2. The minimum atomic E-state index is -2.90. The second kappa shape index (κ2) is 8.66. The summed E-state index contributed by atoms with van der Waals surface area (Å²) in [6.07, 6.45) is 2.15. The molecular formula is C21H21F2N5O3. The van der Waals surface area contributed by atoms with Crippen molar-refractivity contribution in [2.24, 2.45) is 12.2 Å². The van der Waals surface area contributed by atoms with Gasteiger partial charge in [-0.1, -0.05) is 29.4 Å². The van der Waals surface area contributed by atoms with E-state index in [-0.39, 0.29) is 18.0 Å². The third-order valence-corrected chi connectivity index (χ3v) is 5.04. The average molecular weight is 429 g/mol. The maximum absolute atomic E-state index is 12.4. The van der Waals surface area contributed by atoms with Crippen LogP contribution in [0.5, 0.6) is 5.75 Å². The van der Waals surface area contributed by atoms with Crippen LogP contribution in [-0.2, 0) is 18.5 Å². The number of alkyl halides is 2. The van der Waals surface area contributed by atoms with Gasteiger partial charge >= 0.3 is 12.3 Å². The summed E-state index contributed by atoms with van der Waals surface area (Å²) < 4.78 is 31.7. The molecule has 1 fully saturated rings. The summed E-state index contributed by atoms with van der Waals surface area (Å²) in [5.74, 6) is 0.463. The number of nitrogens with zero attached hydrogens (tertiary/aromatic N) is 5. The molecule has 10 heteroatoms. The Labute approximate surface area is 176 Å². The minimum absolute atomic E-state index is 0.0467. The zero-order chi connectivity index (χ0) is 22.0. The van der Waals surface area contributed by atoms with Gasteiger partial charge in [-0.05, 0) is 59.9 Å². The van der Waals surface area contributed by atoms with E-state index in [1.807, 2.05) is 12.1 Å². The molecule has 8 nitrogen and oxygen atoms in total. The molecule has 1 heterocycles. The molecule has 1 saturated carbocycles. The van der Waals surface area contributed by atoms with Gasteiger partial charge < -0.3 is 9.57 Å². The molecule has 0 radical (unpaired) electrons. The molecule has 3 aromatic rings. The molecule has 0 atom stereocenters. The van der Waals surface area contributed by atoms with Crippen LogP contribution in [0.1, 0.15) is 42.4 Å². The summed E-state index contributed by atoms with van der Waals surface area (Å²) in [7, 11) is 1.53. The molecule has 4 rings (SSSR count). The van der Waals surface area contributed by atoms with Crippen LogP contribution < -0.4 is 10.4 Å². The Bertz CT molecular complexity index is 1170. The van der Waals surface area contributed by atoms with Crippen LogP contribution in [0.3, 0.4) is 0 Å². The Hall–Kier alpha value is -3.56. The SMILES string of the molecule is CC(=NOCc1c(C2CC2)cccc1-n1nnn(C)c1=O)c1cccc(OC(F)F)c1. The molecule has 0 N–H and O–H groups in total. The lowest BCUT2D eigenvalue weighted by Crippen LogP contribution is -2.23. The fourth-order valence-corrected chi connectivity index (χ4v) is 3.33. The van der Waals surface area contributed by atoms with Crippen molar-refractivity contribution < 1.29 is 18.4 Å². The molecule has 2 aromatic carbocycles. The predicted octanol–water partition coefficient (Wildman–Crippen LogP) is 3.39. The Kier molecular flexibility index (Phi) is 5.79. The van der Waals surface area contributed by atoms with E-state index in [2.05, 4.69) is 20.3 Å².